The zero-order valence-corrected chi connectivity index (χ0v) is 14.4. The standard InChI is InChI=1S/C17H25BrN2O/c1-19-8-7-15-4-2-3-9-20(15)12-16-11-13-10-14(18)5-6-17(13)21-16/h5-6,10,15-16,19H,2-4,7-9,11-12H2,1H3. The third-order valence-electron chi connectivity index (χ3n) is 4.68. The smallest absolute Gasteiger partial charge is 0.123 e. The fraction of sp³-hybridized carbons (Fsp3) is 0.647. The molecule has 0 aromatic heterocycles. The second-order valence-electron chi connectivity index (χ2n) is 6.23. The Bertz CT molecular complexity index is 480. The Morgan fingerprint density at radius 3 is 3.14 bits per heavy atom. The molecule has 2 aliphatic heterocycles. The van der Waals surface area contributed by atoms with Crippen molar-refractivity contribution in [3.8, 4) is 5.75 Å². The van der Waals surface area contributed by atoms with Crippen molar-refractivity contribution in [2.24, 2.45) is 0 Å². The molecule has 2 aliphatic rings. The molecule has 1 saturated heterocycles. The zero-order chi connectivity index (χ0) is 14.7. The lowest BCUT2D eigenvalue weighted by Gasteiger charge is -2.37. The average Bonchev–Trinajstić information content (AvgIpc) is 2.87. The SMILES string of the molecule is CNCCC1CCCCN1CC1Cc2cc(Br)ccc2O1. The molecule has 1 fully saturated rings. The fourth-order valence-electron chi connectivity index (χ4n) is 3.59. The van der Waals surface area contributed by atoms with Crippen LogP contribution in [-0.2, 0) is 6.42 Å². The third kappa shape index (κ3) is 3.79. The Labute approximate surface area is 136 Å². The molecular formula is C17H25BrN2O. The van der Waals surface area contributed by atoms with E-state index in [0.717, 1.165) is 35.8 Å². The van der Waals surface area contributed by atoms with Crippen LogP contribution in [0.5, 0.6) is 5.75 Å². The van der Waals surface area contributed by atoms with Gasteiger partial charge in [-0.2, -0.15) is 0 Å². The number of halogens is 1. The topological polar surface area (TPSA) is 24.5 Å². The molecule has 0 amide bonds. The summed E-state index contributed by atoms with van der Waals surface area (Å²) in [6.45, 7) is 3.41. The third-order valence-corrected chi connectivity index (χ3v) is 5.17. The summed E-state index contributed by atoms with van der Waals surface area (Å²) in [7, 11) is 2.04. The summed E-state index contributed by atoms with van der Waals surface area (Å²) in [6.07, 6.45) is 6.67. The molecule has 0 bridgehead atoms. The largest absolute Gasteiger partial charge is 0.488 e. The van der Waals surface area contributed by atoms with Crippen molar-refractivity contribution in [2.45, 2.75) is 44.2 Å². The minimum atomic E-state index is 0.324. The van der Waals surface area contributed by atoms with Crippen molar-refractivity contribution in [1.82, 2.24) is 10.2 Å². The number of ether oxygens (including phenoxy) is 1. The van der Waals surface area contributed by atoms with Crippen molar-refractivity contribution in [3.05, 3.63) is 28.2 Å². The normalized spacial score (nSPS) is 25.6. The minimum Gasteiger partial charge on any atom is -0.488 e. The molecular weight excluding hydrogens is 328 g/mol. The summed E-state index contributed by atoms with van der Waals surface area (Å²) in [5.74, 6) is 1.08. The van der Waals surface area contributed by atoms with Gasteiger partial charge in [-0.3, -0.25) is 4.90 Å². The lowest BCUT2D eigenvalue weighted by molar-refractivity contribution is 0.0861. The second kappa shape index (κ2) is 7.12. The lowest BCUT2D eigenvalue weighted by atomic mass is 9.98. The first kappa shape index (κ1) is 15.3. The predicted octanol–water partition coefficient (Wildman–Crippen LogP) is 3.22. The summed E-state index contributed by atoms with van der Waals surface area (Å²) < 4.78 is 7.29. The van der Waals surface area contributed by atoms with Crippen LogP contribution in [-0.4, -0.2) is 43.7 Å². The van der Waals surface area contributed by atoms with Crippen molar-refractivity contribution in [2.75, 3.05) is 26.7 Å². The number of nitrogens with one attached hydrogen (secondary N) is 1. The van der Waals surface area contributed by atoms with Crippen LogP contribution in [0.3, 0.4) is 0 Å². The summed E-state index contributed by atoms with van der Waals surface area (Å²) in [6, 6.07) is 7.08. The van der Waals surface area contributed by atoms with Gasteiger partial charge in [-0.1, -0.05) is 22.4 Å². The number of fused-ring (bicyclic) bond motifs is 1. The van der Waals surface area contributed by atoms with Gasteiger partial charge in [0.15, 0.2) is 0 Å². The van der Waals surface area contributed by atoms with Gasteiger partial charge in [-0.25, -0.2) is 0 Å². The van der Waals surface area contributed by atoms with Crippen LogP contribution in [0.4, 0.5) is 0 Å². The number of benzene rings is 1. The minimum absolute atomic E-state index is 0.324. The van der Waals surface area contributed by atoms with Crippen LogP contribution < -0.4 is 10.1 Å². The summed E-state index contributed by atoms with van der Waals surface area (Å²) in [5, 5.41) is 3.29. The van der Waals surface area contributed by atoms with Gasteiger partial charge in [-0.05, 0) is 63.2 Å². The Balaban J connectivity index is 1.58. The van der Waals surface area contributed by atoms with Crippen LogP contribution in [0, 0.1) is 0 Å². The average molecular weight is 353 g/mol. The maximum absolute atomic E-state index is 6.14. The van der Waals surface area contributed by atoms with E-state index in [0.29, 0.717) is 6.10 Å². The van der Waals surface area contributed by atoms with Crippen molar-refractivity contribution in [3.63, 3.8) is 0 Å². The van der Waals surface area contributed by atoms with Crippen LogP contribution in [0.1, 0.15) is 31.2 Å². The number of hydrogen-bond donors (Lipinski definition) is 1. The van der Waals surface area contributed by atoms with Crippen LogP contribution in [0.2, 0.25) is 0 Å². The van der Waals surface area contributed by atoms with E-state index in [1.54, 1.807) is 0 Å². The Hall–Kier alpha value is -0.580. The highest BCUT2D eigenvalue weighted by Crippen LogP contribution is 2.32. The fourth-order valence-corrected chi connectivity index (χ4v) is 4.00. The molecule has 116 valence electrons. The van der Waals surface area contributed by atoms with E-state index in [2.05, 4.69) is 44.3 Å². The molecule has 2 atom stereocenters. The molecule has 2 unspecified atom stereocenters. The van der Waals surface area contributed by atoms with Gasteiger partial charge in [0.25, 0.3) is 0 Å². The van der Waals surface area contributed by atoms with E-state index in [-0.39, 0.29) is 0 Å². The molecule has 0 spiro atoms. The molecule has 2 heterocycles. The predicted molar refractivity (Wildman–Crippen MR) is 90.0 cm³/mol. The zero-order valence-electron chi connectivity index (χ0n) is 12.8. The van der Waals surface area contributed by atoms with Gasteiger partial charge in [0.05, 0.1) is 0 Å². The molecule has 1 aromatic carbocycles. The van der Waals surface area contributed by atoms with Crippen molar-refractivity contribution >= 4 is 15.9 Å². The number of rotatable bonds is 5. The van der Waals surface area contributed by atoms with E-state index >= 15 is 0 Å². The second-order valence-corrected chi connectivity index (χ2v) is 7.15. The monoisotopic (exact) mass is 352 g/mol. The first-order valence-electron chi connectivity index (χ1n) is 8.10. The molecule has 3 nitrogen and oxygen atoms in total. The quantitative estimate of drug-likeness (QED) is 0.880. The van der Waals surface area contributed by atoms with Gasteiger partial charge in [0, 0.05) is 23.5 Å². The van der Waals surface area contributed by atoms with Gasteiger partial charge in [0.2, 0.25) is 0 Å². The molecule has 4 heteroatoms. The number of nitrogens with zero attached hydrogens (tertiary/aromatic N) is 1. The Morgan fingerprint density at radius 1 is 1.38 bits per heavy atom. The van der Waals surface area contributed by atoms with E-state index < -0.39 is 0 Å². The van der Waals surface area contributed by atoms with E-state index in [1.165, 1.54) is 37.8 Å². The van der Waals surface area contributed by atoms with Crippen molar-refractivity contribution < 1.29 is 4.74 Å². The maximum Gasteiger partial charge on any atom is 0.123 e. The number of piperidine rings is 1. The molecule has 0 radical (unpaired) electrons. The van der Waals surface area contributed by atoms with Crippen molar-refractivity contribution in [1.29, 1.82) is 0 Å². The van der Waals surface area contributed by atoms with Gasteiger partial charge in [0.1, 0.15) is 11.9 Å². The van der Waals surface area contributed by atoms with Gasteiger partial charge >= 0.3 is 0 Å². The van der Waals surface area contributed by atoms with Crippen LogP contribution >= 0.6 is 15.9 Å². The highest BCUT2D eigenvalue weighted by Gasteiger charge is 2.29. The number of hydrogen-bond acceptors (Lipinski definition) is 3. The molecule has 0 saturated carbocycles. The Morgan fingerprint density at radius 2 is 2.29 bits per heavy atom. The summed E-state index contributed by atoms with van der Waals surface area (Å²) in [5.41, 5.74) is 1.35. The summed E-state index contributed by atoms with van der Waals surface area (Å²) >= 11 is 3.55. The molecule has 1 N–H and O–H groups in total. The maximum atomic E-state index is 6.14. The first-order valence-corrected chi connectivity index (χ1v) is 8.89. The lowest BCUT2D eigenvalue weighted by Crippen LogP contribution is -2.45. The molecule has 1 aromatic rings. The highest BCUT2D eigenvalue weighted by atomic mass is 79.9. The van der Waals surface area contributed by atoms with Crippen LogP contribution in [0.15, 0.2) is 22.7 Å². The van der Waals surface area contributed by atoms with E-state index in [1.807, 2.05) is 7.05 Å². The number of likely N-dealkylation sites (tertiary alicyclic amines) is 1. The molecule has 0 aliphatic carbocycles. The molecule has 21 heavy (non-hydrogen) atoms. The first-order chi connectivity index (χ1) is 10.3. The van der Waals surface area contributed by atoms with E-state index in [4.69, 9.17) is 4.74 Å². The van der Waals surface area contributed by atoms with E-state index in [9.17, 15) is 0 Å². The highest BCUT2D eigenvalue weighted by molar-refractivity contribution is 9.10. The van der Waals surface area contributed by atoms with Gasteiger partial charge < -0.3 is 10.1 Å². The summed E-state index contributed by atoms with van der Waals surface area (Å²) in [4.78, 5) is 2.66. The van der Waals surface area contributed by atoms with Gasteiger partial charge in [-0.15, -0.1) is 0 Å². The molecule has 3 rings (SSSR count). The Kier molecular flexibility index (Phi) is 5.19. The van der Waals surface area contributed by atoms with Crippen LogP contribution in [0.25, 0.3) is 0 Å².